The second-order valence-electron chi connectivity index (χ2n) is 7.79. The number of nitrogens with zero attached hydrogens (tertiary/aromatic N) is 1. The van der Waals surface area contributed by atoms with Gasteiger partial charge in [0.05, 0.1) is 17.0 Å². The summed E-state index contributed by atoms with van der Waals surface area (Å²) in [6.45, 7) is 0.461. The number of ether oxygens (including phenoxy) is 2. The standard InChI is InChI=1S/C24H23NO5S/c26-24-19-8-4-5-9-23(19)31(27,28)25(13-12-17-6-2-1-3-7-17)20(24)14-18-10-11-21-22(15-18)30-16-29-21/h1-11,15,20,24,26H,12-14,16H2/t20-,24-/m1/s1. The Labute approximate surface area is 181 Å². The van der Waals surface area contributed by atoms with Gasteiger partial charge in [-0.15, -0.1) is 0 Å². The smallest absolute Gasteiger partial charge is 0.243 e. The van der Waals surface area contributed by atoms with E-state index in [0.717, 1.165) is 11.1 Å². The maximum atomic E-state index is 13.5. The molecule has 31 heavy (non-hydrogen) atoms. The van der Waals surface area contributed by atoms with Gasteiger partial charge in [0, 0.05) is 12.1 Å². The first-order valence-corrected chi connectivity index (χ1v) is 11.7. The lowest BCUT2D eigenvalue weighted by Gasteiger charge is -2.39. The highest BCUT2D eigenvalue weighted by atomic mass is 32.2. The maximum Gasteiger partial charge on any atom is 0.243 e. The van der Waals surface area contributed by atoms with Crippen LogP contribution in [0.3, 0.4) is 0 Å². The summed E-state index contributed by atoms with van der Waals surface area (Å²) >= 11 is 0. The zero-order chi connectivity index (χ0) is 21.4. The van der Waals surface area contributed by atoms with E-state index in [1.54, 1.807) is 24.3 Å². The van der Waals surface area contributed by atoms with E-state index in [4.69, 9.17) is 9.47 Å². The minimum atomic E-state index is -3.75. The number of benzene rings is 3. The van der Waals surface area contributed by atoms with Crippen molar-refractivity contribution < 1.29 is 23.0 Å². The first-order chi connectivity index (χ1) is 15.0. The van der Waals surface area contributed by atoms with Gasteiger partial charge in [-0.1, -0.05) is 54.6 Å². The van der Waals surface area contributed by atoms with Gasteiger partial charge in [0.2, 0.25) is 16.8 Å². The van der Waals surface area contributed by atoms with E-state index in [0.29, 0.717) is 29.9 Å². The molecule has 0 spiro atoms. The van der Waals surface area contributed by atoms with Crippen LogP contribution in [0.5, 0.6) is 11.5 Å². The van der Waals surface area contributed by atoms with Gasteiger partial charge in [-0.3, -0.25) is 0 Å². The Bertz CT molecular complexity index is 1200. The fourth-order valence-corrected chi connectivity index (χ4v) is 6.19. The number of hydrogen-bond donors (Lipinski definition) is 1. The van der Waals surface area contributed by atoms with Crippen LogP contribution >= 0.6 is 0 Å². The molecule has 3 aromatic rings. The Hall–Kier alpha value is -2.87. The predicted molar refractivity (Wildman–Crippen MR) is 115 cm³/mol. The van der Waals surface area contributed by atoms with Crippen LogP contribution < -0.4 is 9.47 Å². The van der Waals surface area contributed by atoms with E-state index in [2.05, 4.69) is 0 Å². The quantitative estimate of drug-likeness (QED) is 0.663. The molecule has 6 nitrogen and oxygen atoms in total. The lowest BCUT2D eigenvalue weighted by Crippen LogP contribution is -2.49. The van der Waals surface area contributed by atoms with E-state index in [1.165, 1.54) is 4.31 Å². The molecule has 0 aliphatic carbocycles. The van der Waals surface area contributed by atoms with E-state index in [9.17, 15) is 13.5 Å². The summed E-state index contributed by atoms with van der Waals surface area (Å²) < 4.78 is 39.4. The van der Waals surface area contributed by atoms with Crippen molar-refractivity contribution in [1.29, 1.82) is 0 Å². The van der Waals surface area contributed by atoms with Crippen molar-refractivity contribution >= 4 is 10.0 Å². The third-order valence-corrected chi connectivity index (χ3v) is 7.90. The molecule has 0 radical (unpaired) electrons. The van der Waals surface area contributed by atoms with Gasteiger partial charge in [-0.25, -0.2) is 8.42 Å². The van der Waals surface area contributed by atoms with Crippen LogP contribution in [0, 0.1) is 0 Å². The second-order valence-corrected chi connectivity index (χ2v) is 9.65. The minimum absolute atomic E-state index is 0.176. The number of aliphatic hydroxyl groups excluding tert-OH is 1. The highest BCUT2D eigenvalue weighted by Crippen LogP contribution is 2.39. The van der Waals surface area contributed by atoms with Gasteiger partial charge in [0.1, 0.15) is 0 Å². The molecule has 0 saturated carbocycles. The average Bonchev–Trinajstić information content (AvgIpc) is 3.26. The Kier molecular flexibility index (Phi) is 5.17. The summed E-state index contributed by atoms with van der Waals surface area (Å²) in [5.74, 6) is 1.31. The number of hydrogen-bond acceptors (Lipinski definition) is 5. The molecule has 5 rings (SSSR count). The zero-order valence-corrected chi connectivity index (χ0v) is 17.7. The predicted octanol–water partition coefficient (Wildman–Crippen LogP) is 3.31. The van der Waals surface area contributed by atoms with Crippen LogP contribution in [0.2, 0.25) is 0 Å². The summed E-state index contributed by atoms with van der Waals surface area (Å²) in [7, 11) is -3.75. The molecule has 0 amide bonds. The van der Waals surface area contributed by atoms with Gasteiger partial charge < -0.3 is 14.6 Å². The van der Waals surface area contributed by atoms with Crippen LogP contribution in [0.15, 0.2) is 77.7 Å². The number of fused-ring (bicyclic) bond motifs is 2. The molecule has 0 unspecified atom stereocenters. The van der Waals surface area contributed by atoms with Gasteiger partial charge in [0.15, 0.2) is 11.5 Å². The first-order valence-electron chi connectivity index (χ1n) is 10.3. The van der Waals surface area contributed by atoms with Crippen LogP contribution in [0.1, 0.15) is 22.8 Å². The van der Waals surface area contributed by atoms with Crippen molar-refractivity contribution in [3.8, 4) is 11.5 Å². The third kappa shape index (κ3) is 3.69. The molecule has 3 aromatic carbocycles. The third-order valence-electron chi connectivity index (χ3n) is 5.90. The molecule has 0 fully saturated rings. The SMILES string of the molecule is O=S1(=O)c2ccccc2[C@@H](O)[C@@H](Cc2ccc3c(c2)OCO3)N1CCc1ccccc1. The summed E-state index contributed by atoms with van der Waals surface area (Å²) in [6, 6.07) is 21.4. The molecule has 2 heterocycles. The Morgan fingerprint density at radius 1 is 0.903 bits per heavy atom. The average molecular weight is 438 g/mol. The summed E-state index contributed by atoms with van der Waals surface area (Å²) in [5, 5.41) is 11.2. The molecule has 2 aliphatic rings. The van der Waals surface area contributed by atoms with Crippen LogP contribution in [-0.2, 0) is 22.9 Å². The minimum Gasteiger partial charge on any atom is -0.454 e. The Morgan fingerprint density at radius 2 is 1.65 bits per heavy atom. The number of aliphatic hydroxyl groups is 1. The largest absolute Gasteiger partial charge is 0.454 e. The number of rotatable bonds is 5. The van der Waals surface area contributed by atoms with Gasteiger partial charge in [-0.2, -0.15) is 4.31 Å². The lowest BCUT2D eigenvalue weighted by molar-refractivity contribution is 0.0800. The van der Waals surface area contributed by atoms with Crippen molar-refractivity contribution in [3.63, 3.8) is 0 Å². The van der Waals surface area contributed by atoms with Crippen LogP contribution in [0.25, 0.3) is 0 Å². The summed E-state index contributed by atoms with van der Waals surface area (Å²) in [4.78, 5) is 0.178. The molecule has 7 heteroatoms. The van der Waals surface area contributed by atoms with Crippen molar-refractivity contribution in [2.24, 2.45) is 0 Å². The highest BCUT2D eigenvalue weighted by Gasteiger charge is 2.43. The molecule has 1 N–H and O–H groups in total. The topological polar surface area (TPSA) is 76.1 Å². The summed E-state index contributed by atoms with van der Waals surface area (Å²) in [6.07, 6.45) is -0.00633. The van der Waals surface area contributed by atoms with E-state index in [-0.39, 0.29) is 18.2 Å². The second kappa shape index (κ2) is 8.00. The maximum absolute atomic E-state index is 13.5. The van der Waals surface area contributed by atoms with E-state index < -0.39 is 22.2 Å². The molecular weight excluding hydrogens is 414 g/mol. The van der Waals surface area contributed by atoms with Crippen molar-refractivity contribution in [1.82, 2.24) is 4.31 Å². The van der Waals surface area contributed by atoms with Crippen molar-refractivity contribution in [3.05, 3.63) is 89.5 Å². The van der Waals surface area contributed by atoms with Crippen molar-refractivity contribution in [2.45, 2.75) is 29.9 Å². The zero-order valence-electron chi connectivity index (χ0n) is 16.8. The van der Waals surface area contributed by atoms with Gasteiger partial charge in [-0.05, 0) is 42.2 Å². The van der Waals surface area contributed by atoms with Crippen LogP contribution in [-0.4, -0.2) is 37.2 Å². The van der Waals surface area contributed by atoms with Crippen LogP contribution in [0.4, 0.5) is 0 Å². The first kappa shape index (κ1) is 20.1. The summed E-state index contributed by atoms with van der Waals surface area (Å²) in [5.41, 5.74) is 2.38. The Morgan fingerprint density at radius 3 is 2.48 bits per heavy atom. The van der Waals surface area contributed by atoms with E-state index in [1.807, 2.05) is 48.5 Å². The molecule has 0 aromatic heterocycles. The lowest BCUT2D eigenvalue weighted by atomic mass is 9.95. The molecule has 160 valence electrons. The van der Waals surface area contributed by atoms with Crippen molar-refractivity contribution in [2.75, 3.05) is 13.3 Å². The number of sulfonamides is 1. The normalized spacial score (nSPS) is 21.6. The molecule has 2 atom stereocenters. The molecule has 0 bridgehead atoms. The highest BCUT2D eigenvalue weighted by molar-refractivity contribution is 7.89. The monoisotopic (exact) mass is 437 g/mol. The van der Waals surface area contributed by atoms with E-state index >= 15 is 0 Å². The fourth-order valence-electron chi connectivity index (χ4n) is 4.32. The van der Waals surface area contributed by atoms with Gasteiger partial charge in [0.25, 0.3) is 0 Å². The van der Waals surface area contributed by atoms with Gasteiger partial charge >= 0.3 is 0 Å². The fraction of sp³-hybridized carbons (Fsp3) is 0.250. The molecule has 0 saturated heterocycles. The Balaban J connectivity index is 1.51. The molecule has 2 aliphatic heterocycles. The molecular formula is C24H23NO5S.